The SMILES string of the molecule is C=C/C(=C\C=C/C)c1cc(N(c2ccccc2)c2ccc3c(c2)C(C)(C)c2ccccc2-3)ccc1-c1ccc(N(c2ccccc2)c2ccc3c(c2)C(C)(C)c2ccccc2-3)cc1. The quantitative estimate of drug-likeness (QED) is 0.127. The van der Waals surface area contributed by atoms with Crippen LogP contribution < -0.4 is 9.80 Å². The van der Waals surface area contributed by atoms with Gasteiger partial charge < -0.3 is 9.80 Å². The van der Waals surface area contributed by atoms with Crippen LogP contribution in [-0.4, -0.2) is 0 Å². The van der Waals surface area contributed by atoms with Crippen molar-refractivity contribution in [3.8, 4) is 33.4 Å². The lowest BCUT2D eigenvalue weighted by molar-refractivity contribution is 0.660. The van der Waals surface area contributed by atoms with Crippen LogP contribution in [0.25, 0.3) is 39.0 Å². The molecule has 0 radical (unpaired) electrons. The van der Waals surface area contributed by atoms with Crippen molar-refractivity contribution >= 4 is 39.7 Å². The van der Waals surface area contributed by atoms with E-state index in [2.05, 4.69) is 257 Å². The second kappa shape index (κ2) is 15.8. The summed E-state index contributed by atoms with van der Waals surface area (Å²) in [5, 5.41) is 0. The maximum Gasteiger partial charge on any atom is 0.0468 e. The molecule has 2 nitrogen and oxygen atoms in total. The van der Waals surface area contributed by atoms with E-state index in [1.807, 2.05) is 6.08 Å². The normalized spacial score (nSPS) is 14.1. The van der Waals surface area contributed by atoms with Crippen LogP contribution in [0.5, 0.6) is 0 Å². The van der Waals surface area contributed by atoms with E-state index in [4.69, 9.17) is 0 Å². The second-order valence-corrected chi connectivity index (χ2v) is 17.8. The zero-order valence-electron chi connectivity index (χ0n) is 36.8. The minimum Gasteiger partial charge on any atom is -0.310 e. The van der Waals surface area contributed by atoms with Crippen molar-refractivity contribution in [3.63, 3.8) is 0 Å². The third kappa shape index (κ3) is 6.74. The average molecular weight is 813 g/mol. The summed E-state index contributed by atoms with van der Waals surface area (Å²) in [5.74, 6) is 0. The molecule has 2 aliphatic carbocycles. The first-order valence-corrected chi connectivity index (χ1v) is 22.1. The molecule has 0 bridgehead atoms. The molecule has 0 aromatic heterocycles. The summed E-state index contributed by atoms with van der Waals surface area (Å²) < 4.78 is 0. The highest BCUT2D eigenvalue weighted by molar-refractivity contribution is 5.92. The summed E-state index contributed by atoms with van der Waals surface area (Å²) in [5.41, 5.74) is 21.6. The number of para-hydroxylation sites is 2. The van der Waals surface area contributed by atoms with E-state index < -0.39 is 0 Å². The predicted molar refractivity (Wildman–Crippen MR) is 269 cm³/mol. The van der Waals surface area contributed by atoms with Crippen molar-refractivity contribution in [3.05, 3.63) is 247 Å². The Kier molecular flexibility index (Phi) is 9.96. The van der Waals surface area contributed by atoms with Crippen molar-refractivity contribution in [2.24, 2.45) is 0 Å². The maximum absolute atomic E-state index is 4.32. The van der Waals surface area contributed by atoms with Crippen LogP contribution in [0, 0.1) is 0 Å². The largest absolute Gasteiger partial charge is 0.310 e. The van der Waals surface area contributed by atoms with Crippen LogP contribution in [0.15, 0.2) is 219 Å². The van der Waals surface area contributed by atoms with Gasteiger partial charge in [-0.05, 0) is 146 Å². The molecule has 0 heterocycles. The molecular formula is C61H52N2. The van der Waals surface area contributed by atoms with Gasteiger partial charge in [0.1, 0.15) is 0 Å². The monoisotopic (exact) mass is 812 g/mol. The Hall–Kier alpha value is -7.42. The fourth-order valence-electron chi connectivity index (χ4n) is 10.1. The molecule has 0 amide bonds. The minimum absolute atomic E-state index is 0.0981. The number of allylic oxidation sites excluding steroid dienone is 5. The summed E-state index contributed by atoms with van der Waals surface area (Å²) in [6.45, 7) is 15.8. The number of nitrogens with zero attached hydrogens (tertiary/aromatic N) is 2. The molecule has 0 aliphatic heterocycles. The van der Waals surface area contributed by atoms with Gasteiger partial charge in [-0.1, -0.05) is 174 Å². The summed E-state index contributed by atoms with van der Waals surface area (Å²) in [6, 6.07) is 69.0. The van der Waals surface area contributed by atoms with Crippen molar-refractivity contribution in [2.45, 2.75) is 45.4 Å². The molecule has 2 heteroatoms. The van der Waals surface area contributed by atoms with Gasteiger partial charge >= 0.3 is 0 Å². The molecule has 0 fully saturated rings. The highest BCUT2D eigenvalue weighted by Crippen LogP contribution is 2.52. The number of hydrogen-bond acceptors (Lipinski definition) is 2. The highest BCUT2D eigenvalue weighted by Gasteiger charge is 2.37. The van der Waals surface area contributed by atoms with Gasteiger partial charge in [0.25, 0.3) is 0 Å². The predicted octanol–water partition coefficient (Wildman–Crippen LogP) is 17.1. The van der Waals surface area contributed by atoms with Crippen LogP contribution in [0.3, 0.4) is 0 Å². The van der Waals surface area contributed by atoms with E-state index in [1.54, 1.807) is 0 Å². The minimum atomic E-state index is -0.115. The maximum atomic E-state index is 4.32. The first-order valence-electron chi connectivity index (χ1n) is 22.1. The lowest BCUT2D eigenvalue weighted by Gasteiger charge is -2.29. The molecular weight excluding hydrogens is 761 g/mol. The number of rotatable bonds is 10. The van der Waals surface area contributed by atoms with Crippen LogP contribution in [-0.2, 0) is 10.8 Å². The van der Waals surface area contributed by atoms with Crippen LogP contribution >= 0.6 is 0 Å². The van der Waals surface area contributed by atoms with Gasteiger partial charge in [0.15, 0.2) is 0 Å². The molecule has 63 heavy (non-hydrogen) atoms. The van der Waals surface area contributed by atoms with Crippen LogP contribution in [0.2, 0.25) is 0 Å². The number of anilines is 6. The van der Waals surface area contributed by atoms with Crippen molar-refractivity contribution < 1.29 is 0 Å². The third-order valence-corrected chi connectivity index (χ3v) is 13.4. The van der Waals surface area contributed by atoms with Gasteiger partial charge in [0.05, 0.1) is 0 Å². The first-order chi connectivity index (χ1) is 30.7. The zero-order chi connectivity index (χ0) is 43.3. The molecule has 0 unspecified atom stereocenters. The van der Waals surface area contributed by atoms with Crippen molar-refractivity contribution in [1.29, 1.82) is 0 Å². The number of hydrogen-bond donors (Lipinski definition) is 0. The molecule has 0 atom stereocenters. The molecule has 0 saturated carbocycles. The molecule has 0 spiro atoms. The fraction of sp³-hybridized carbons (Fsp3) is 0.115. The lowest BCUT2D eigenvalue weighted by atomic mass is 9.82. The smallest absolute Gasteiger partial charge is 0.0468 e. The van der Waals surface area contributed by atoms with Crippen molar-refractivity contribution in [2.75, 3.05) is 9.80 Å². The Labute approximate surface area is 373 Å². The van der Waals surface area contributed by atoms with E-state index >= 15 is 0 Å². The van der Waals surface area contributed by atoms with E-state index in [9.17, 15) is 0 Å². The molecule has 2 aliphatic rings. The molecule has 0 saturated heterocycles. The Balaban J connectivity index is 1.08. The topological polar surface area (TPSA) is 6.48 Å². The number of benzene rings is 8. The molecule has 0 N–H and O–H groups in total. The zero-order valence-corrected chi connectivity index (χ0v) is 36.8. The number of fused-ring (bicyclic) bond motifs is 6. The van der Waals surface area contributed by atoms with Crippen molar-refractivity contribution in [1.82, 2.24) is 0 Å². The summed E-state index contributed by atoms with van der Waals surface area (Å²) in [4.78, 5) is 4.77. The van der Waals surface area contributed by atoms with E-state index in [1.165, 1.54) is 44.5 Å². The Morgan fingerprint density at radius 3 is 1.30 bits per heavy atom. The van der Waals surface area contributed by atoms with Gasteiger partial charge in [-0.3, -0.25) is 0 Å². The lowest BCUT2D eigenvalue weighted by Crippen LogP contribution is -2.16. The van der Waals surface area contributed by atoms with Crippen LogP contribution in [0.4, 0.5) is 34.1 Å². The van der Waals surface area contributed by atoms with E-state index in [0.29, 0.717) is 0 Å². The summed E-state index contributed by atoms with van der Waals surface area (Å²) in [7, 11) is 0. The average Bonchev–Trinajstić information content (AvgIpc) is 3.69. The van der Waals surface area contributed by atoms with E-state index in [-0.39, 0.29) is 10.8 Å². The summed E-state index contributed by atoms with van der Waals surface area (Å²) >= 11 is 0. The van der Waals surface area contributed by atoms with Gasteiger partial charge in [0, 0.05) is 45.0 Å². The summed E-state index contributed by atoms with van der Waals surface area (Å²) in [6.07, 6.45) is 8.31. The standard InChI is InChI=1S/C61H52N2/c1-7-9-20-42(8-2)55-39-47(63(45-23-14-11-15-24-45)49-35-38-54-52-26-17-19-28-57(52)61(5,6)59(54)41-49)33-36-50(55)43-29-31-46(32-30-43)62(44-21-12-10-13-22-44)48-34-37-53-51-25-16-18-27-56(51)60(3,4)58(53)40-48/h7-41H,2H2,1,3-6H3/b9-7-,42-20+. The first kappa shape index (κ1) is 39.7. The molecule has 306 valence electrons. The molecule has 10 rings (SSSR count). The van der Waals surface area contributed by atoms with Gasteiger partial charge in [-0.15, -0.1) is 0 Å². The van der Waals surface area contributed by atoms with Gasteiger partial charge in [0.2, 0.25) is 0 Å². The molecule has 8 aromatic rings. The second-order valence-electron chi connectivity index (χ2n) is 17.8. The van der Waals surface area contributed by atoms with Gasteiger partial charge in [-0.2, -0.15) is 0 Å². The fourth-order valence-corrected chi connectivity index (χ4v) is 10.1. The molecule has 8 aromatic carbocycles. The Morgan fingerprint density at radius 1 is 0.413 bits per heavy atom. The van der Waals surface area contributed by atoms with Crippen LogP contribution in [0.1, 0.15) is 62.4 Å². The van der Waals surface area contributed by atoms with E-state index in [0.717, 1.165) is 56.4 Å². The highest BCUT2D eigenvalue weighted by atomic mass is 15.1. The Morgan fingerprint density at radius 2 is 0.810 bits per heavy atom. The third-order valence-electron chi connectivity index (χ3n) is 13.4. The van der Waals surface area contributed by atoms with Gasteiger partial charge in [-0.25, -0.2) is 0 Å². The Bertz CT molecular complexity index is 3070.